The fraction of sp³-hybridized carbons (Fsp3) is 0.500. The van der Waals surface area contributed by atoms with Crippen LogP contribution in [0.15, 0.2) is 28.6 Å². The van der Waals surface area contributed by atoms with Crippen molar-refractivity contribution in [2.45, 2.75) is 53.2 Å². The highest BCUT2D eigenvalue weighted by Gasteiger charge is 2.09. The monoisotopic (exact) mass is 502 g/mol. The number of hydrogen-bond acceptors (Lipinski definition) is 4. The maximum atomic E-state index is 6.08. The molecule has 2 aromatic rings. The van der Waals surface area contributed by atoms with Gasteiger partial charge in [0.2, 0.25) is 0 Å². The highest BCUT2D eigenvalue weighted by Crippen LogP contribution is 2.22. The molecule has 2 N–H and O–H groups in total. The molecule has 1 aromatic heterocycles. The summed E-state index contributed by atoms with van der Waals surface area (Å²) in [4.78, 5) is 8.78. The highest BCUT2D eigenvalue weighted by atomic mass is 127. The third kappa shape index (κ3) is 8.04. The normalized spacial score (nSPS) is 12.3. The quantitative estimate of drug-likeness (QED) is 0.318. The Balaban J connectivity index is 0.00000364. The molecule has 0 aliphatic rings. The van der Waals surface area contributed by atoms with Crippen LogP contribution in [0, 0.1) is 13.8 Å². The fourth-order valence-corrected chi connectivity index (χ4v) is 3.10. The van der Waals surface area contributed by atoms with E-state index in [1.165, 1.54) is 5.56 Å². The molecule has 27 heavy (non-hydrogen) atoms. The van der Waals surface area contributed by atoms with E-state index in [2.05, 4.69) is 65.0 Å². The lowest BCUT2D eigenvalue weighted by Gasteiger charge is -2.18. The number of nitrogens with zero attached hydrogens (tertiary/aromatic N) is 2. The topological polar surface area (TPSA) is 58.5 Å². The van der Waals surface area contributed by atoms with Crippen LogP contribution < -0.4 is 15.4 Å². The predicted octanol–water partition coefficient (Wildman–Crippen LogP) is 4.46. The summed E-state index contributed by atoms with van der Waals surface area (Å²) in [6.07, 6.45) is 2.08. The number of halogens is 1. The molecule has 1 aromatic carbocycles. The number of nitrogens with one attached hydrogen (secondary N) is 2. The number of guanidine groups is 1. The number of thiazole rings is 1. The molecule has 0 amide bonds. The molecule has 0 saturated heterocycles. The van der Waals surface area contributed by atoms with Crippen LogP contribution in [0.2, 0.25) is 0 Å². The van der Waals surface area contributed by atoms with Crippen molar-refractivity contribution in [1.82, 2.24) is 15.6 Å². The molecule has 0 aliphatic heterocycles. The van der Waals surface area contributed by atoms with Crippen LogP contribution in [0.5, 0.6) is 5.75 Å². The van der Waals surface area contributed by atoms with Crippen LogP contribution in [0.3, 0.4) is 0 Å². The molecule has 7 heteroatoms. The van der Waals surface area contributed by atoms with Crippen LogP contribution in [-0.2, 0) is 13.0 Å². The van der Waals surface area contributed by atoms with Gasteiger partial charge in [0.15, 0.2) is 5.96 Å². The van der Waals surface area contributed by atoms with E-state index < -0.39 is 0 Å². The number of aromatic nitrogens is 1. The molecular formula is C20H31IN4OS. The van der Waals surface area contributed by atoms with Gasteiger partial charge in [-0.15, -0.1) is 35.3 Å². The molecule has 0 bridgehead atoms. The van der Waals surface area contributed by atoms with E-state index in [1.54, 1.807) is 18.4 Å². The van der Waals surface area contributed by atoms with Crippen LogP contribution in [0.1, 0.15) is 42.1 Å². The Hall–Kier alpha value is -1.35. The first-order valence-electron chi connectivity index (χ1n) is 9.13. The van der Waals surface area contributed by atoms with Gasteiger partial charge in [-0.25, -0.2) is 4.98 Å². The first-order valence-corrected chi connectivity index (χ1v) is 10.0. The zero-order valence-corrected chi connectivity index (χ0v) is 20.0. The smallest absolute Gasteiger partial charge is 0.191 e. The van der Waals surface area contributed by atoms with E-state index in [-0.39, 0.29) is 30.1 Å². The van der Waals surface area contributed by atoms with Gasteiger partial charge >= 0.3 is 0 Å². The molecule has 1 heterocycles. The molecular weight excluding hydrogens is 471 g/mol. The maximum absolute atomic E-state index is 6.08. The summed E-state index contributed by atoms with van der Waals surface area (Å²) in [7, 11) is 1.79. The maximum Gasteiger partial charge on any atom is 0.191 e. The lowest BCUT2D eigenvalue weighted by Crippen LogP contribution is -2.38. The largest absolute Gasteiger partial charge is 0.490 e. The van der Waals surface area contributed by atoms with Crippen molar-refractivity contribution in [1.29, 1.82) is 0 Å². The third-order valence-corrected chi connectivity index (χ3v) is 4.96. The van der Waals surface area contributed by atoms with Crippen LogP contribution in [0.25, 0.3) is 0 Å². The Kier molecular flexibility index (Phi) is 10.7. The van der Waals surface area contributed by atoms with E-state index in [9.17, 15) is 0 Å². The fourth-order valence-electron chi connectivity index (χ4n) is 2.45. The average Bonchev–Trinajstić information content (AvgIpc) is 3.04. The molecule has 5 nitrogen and oxygen atoms in total. The first kappa shape index (κ1) is 23.7. The molecule has 1 atom stereocenters. The van der Waals surface area contributed by atoms with Crippen molar-refractivity contribution in [2.24, 2.45) is 4.99 Å². The molecule has 0 fully saturated rings. The van der Waals surface area contributed by atoms with Gasteiger partial charge in [0.05, 0.1) is 16.8 Å². The minimum Gasteiger partial charge on any atom is -0.490 e. The van der Waals surface area contributed by atoms with Crippen molar-refractivity contribution in [3.05, 3.63) is 45.4 Å². The van der Waals surface area contributed by atoms with Gasteiger partial charge in [-0.2, -0.15) is 0 Å². The number of benzene rings is 1. The summed E-state index contributed by atoms with van der Waals surface area (Å²) < 4.78 is 6.08. The Bertz CT molecular complexity index is 733. The average molecular weight is 502 g/mol. The van der Waals surface area contributed by atoms with Gasteiger partial charge in [-0.05, 0) is 38.8 Å². The lowest BCUT2D eigenvalue weighted by molar-refractivity contribution is 0.215. The number of aliphatic imine (C=N–C) groups is 1. The minimum atomic E-state index is 0. The standard InChI is InChI=1S/C20H30N4OS.HI/c1-6-15(3)25-19-11-14(2)7-8-17(19)12-23-20(21-5)22-10-9-18-13-26-16(4)24-18;/h7-8,11,13,15H,6,9-10,12H2,1-5H3,(H2,21,22,23);1H. The summed E-state index contributed by atoms with van der Waals surface area (Å²) >= 11 is 1.69. The molecule has 1 unspecified atom stereocenters. The summed E-state index contributed by atoms with van der Waals surface area (Å²) in [6, 6.07) is 6.33. The molecule has 0 aliphatic carbocycles. The van der Waals surface area contributed by atoms with Gasteiger partial charge in [0.1, 0.15) is 5.75 Å². The first-order chi connectivity index (χ1) is 12.5. The van der Waals surface area contributed by atoms with Crippen LogP contribution >= 0.6 is 35.3 Å². The van der Waals surface area contributed by atoms with Crippen molar-refractivity contribution >= 4 is 41.3 Å². The second kappa shape index (κ2) is 12.2. The van der Waals surface area contributed by atoms with E-state index in [0.717, 1.165) is 47.4 Å². The summed E-state index contributed by atoms with van der Waals surface area (Å²) in [5.41, 5.74) is 3.46. The number of aryl methyl sites for hydroxylation is 2. The molecule has 0 spiro atoms. The van der Waals surface area contributed by atoms with E-state index >= 15 is 0 Å². The summed E-state index contributed by atoms with van der Waals surface area (Å²) in [6.45, 7) is 9.81. The van der Waals surface area contributed by atoms with Gasteiger partial charge in [-0.1, -0.05) is 19.1 Å². The second-order valence-electron chi connectivity index (χ2n) is 6.41. The Morgan fingerprint density at radius 1 is 1.30 bits per heavy atom. The van der Waals surface area contributed by atoms with E-state index in [1.807, 2.05) is 6.92 Å². The van der Waals surface area contributed by atoms with Gasteiger partial charge in [0, 0.05) is 37.5 Å². The summed E-state index contributed by atoms with van der Waals surface area (Å²) in [5.74, 6) is 1.73. The Morgan fingerprint density at radius 2 is 2.07 bits per heavy atom. The summed E-state index contributed by atoms with van der Waals surface area (Å²) in [5, 5.41) is 9.93. The van der Waals surface area contributed by atoms with E-state index in [0.29, 0.717) is 6.54 Å². The second-order valence-corrected chi connectivity index (χ2v) is 7.47. The van der Waals surface area contributed by atoms with Gasteiger partial charge < -0.3 is 15.4 Å². The van der Waals surface area contributed by atoms with Gasteiger partial charge in [0.25, 0.3) is 0 Å². The Labute approximate surface area is 184 Å². The number of ether oxygens (including phenoxy) is 1. The lowest BCUT2D eigenvalue weighted by atomic mass is 10.1. The Morgan fingerprint density at radius 3 is 2.70 bits per heavy atom. The third-order valence-electron chi connectivity index (χ3n) is 4.14. The van der Waals surface area contributed by atoms with Crippen molar-refractivity contribution < 1.29 is 4.74 Å². The van der Waals surface area contributed by atoms with Crippen LogP contribution in [-0.4, -0.2) is 30.6 Å². The SMILES string of the molecule is CCC(C)Oc1cc(C)ccc1CNC(=NC)NCCc1csc(C)n1.I. The zero-order valence-electron chi connectivity index (χ0n) is 16.8. The van der Waals surface area contributed by atoms with Crippen molar-refractivity contribution in [3.8, 4) is 5.75 Å². The predicted molar refractivity (Wildman–Crippen MR) is 126 cm³/mol. The van der Waals surface area contributed by atoms with E-state index in [4.69, 9.17) is 4.74 Å². The van der Waals surface area contributed by atoms with Crippen molar-refractivity contribution in [2.75, 3.05) is 13.6 Å². The number of rotatable bonds is 8. The zero-order chi connectivity index (χ0) is 18.9. The molecule has 0 radical (unpaired) electrons. The minimum absolute atomic E-state index is 0. The molecule has 0 saturated carbocycles. The van der Waals surface area contributed by atoms with Gasteiger partial charge in [-0.3, -0.25) is 4.99 Å². The van der Waals surface area contributed by atoms with Crippen LogP contribution in [0.4, 0.5) is 0 Å². The number of hydrogen-bond donors (Lipinski definition) is 2. The van der Waals surface area contributed by atoms with Crippen molar-refractivity contribution in [3.63, 3.8) is 0 Å². The molecule has 150 valence electrons. The highest BCUT2D eigenvalue weighted by molar-refractivity contribution is 14.0. The molecule has 2 rings (SSSR count).